The van der Waals surface area contributed by atoms with Gasteiger partial charge in [-0.3, -0.25) is 9.59 Å². The van der Waals surface area contributed by atoms with Gasteiger partial charge in [-0.25, -0.2) is 5.01 Å². The number of aryl methyl sites for hydroxylation is 2. The highest BCUT2D eigenvalue weighted by Crippen LogP contribution is 2.33. The molecule has 1 aliphatic rings. The summed E-state index contributed by atoms with van der Waals surface area (Å²) in [6, 6.07) is 18.7. The van der Waals surface area contributed by atoms with Gasteiger partial charge in [0.25, 0.3) is 11.8 Å². The van der Waals surface area contributed by atoms with Crippen LogP contribution in [0.25, 0.3) is 0 Å². The van der Waals surface area contributed by atoms with E-state index in [1.54, 1.807) is 31.3 Å². The van der Waals surface area contributed by atoms with Crippen LogP contribution in [0.4, 0.5) is 0 Å². The maximum atomic E-state index is 13.3. The molecular formula is C25H25ClN4O2. The monoisotopic (exact) mass is 448 g/mol. The lowest BCUT2D eigenvalue weighted by atomic mass is 9.99. The molecule has 7 heteroatoms. The molecule has 2 heterocycles. The van der Waals surface area contributed by atoms with E-state index in [2.05, 4.69) is 5.10 Å². The van der Waals surface area contributed by atoms with Crippen molar-refractivity contribution in [2.75, 3.05) is 13.6 Å². The molecule has 0 aliphatic carbocycles. The highest BCUT2D eigenvalue weighted by atomic mass is 35.5. The van der Waals surface area contributed by atoms with E-state index in [-0.39, 0.29) is 24.4 Å². The Morgan fingerprint density at radius 2 is 1.81 bits per heavy atom. The first-order chi connectivity index (χ1) is 15.3. The van der Waals surface area contributed by atoms with Crippen LogP contribution in [0, 0.1) is 6.92 Å². The third-order valence-electron chi connectivity index (χ3n) is 5.69. The Labute approximate surface area is 192 Å². The Morgan fingerprint density at radius 1 is 1.09 bits per heavy atom. The van der Waals surface area contributed by atoms with E-state index < -0.39 is 0 Å². The number of nitrogens with zero attached hydrogens (tertiary/aromatic N) is 4. The number of hydrogen-bond acceptors (Lipinski definition) is 3. The van der Waals surface area contributed by atoms with Gasteiger partial charge in [-0.1, -0.05) is 53.6 Å². The van der Waals surface area contributed by atoms with Gasteiger partial charge in [0.15, 0.2) is 0 Å². The second-order valence-corrected chi connectivity index (χ2v) is 8.47. The molecule has 1 atom stereocenters. The molecule has 164 valence electrons. The van der Waals surface area contributed by atoms with E-state index >= 15 is 0 Å². The highest BCUT2D eigenvalue weighted by molar-refractivity contribution is 6.33. The Kier molecular flexibility index (Phi) is 6.15. The van der Waals surface area contributed by atoms with Crippen LogP contribution in [-0.2, 0) is 11.8 Å². The number of halogens is 1. The summed E-state index contributed by atoms with van der Waals surface area (Å²) in [5, 5.41) is 6.57. The largest absolute Gasteiger partial charge is 0.350 e. The van der Waals surface area contributed by atoms with Crippen molar-refractivity contribution in [1.29, 1.82) is 0 Å². The van der Waals surface area contributed by atoms with Crippen LogP contribution in [0.15, 0.2) is 72.0 Å². The Bertz CT molecular complexity index is 1180. The predicted octanol–water partition coefficient (Wildman–Crippen LogP) is 4.44. The van der Waals surface area contributed by atoms with Crippen molar-refractivity contribution in [3.05, 3.63) is 94.3 Å². The first kappa shape index (κ1) is 21.8. The zero-order chi connectivity index (χ0) is 22.8. The van der Waals surface area contributed by atoms with Gasteiger partial charge in [0.05, 0.1) is 28.0 Å². The van der Waals surface area contributed by atoms with Crippen molar-refractivity contribution in [3.8, 4) is 0 Å². The Balaban J connectivity index is 1.59. The molecule has 0 fully saturated rings. The van der Waals surface area contributed by atoms with Crippen LogP contribution < -0.4 is 0 Å². The number of aromatic nitrogens is 1. The van der Waals surface area contributed by atoms with Crippen molar-refractivity contribution in [2.45, 2.75) is 19.4 Å². The third kappa shape index (κ3) is 4.32. The first-order valence-corrected chi connectivity index (χ1v) is 10.8. The smallest absolute Gasteiger partial charge is 0.262 e. The van der Waals surface area contributed by atoms with E-state index in [1.807, 2.05) is 61.1 Å². The van der Waals surface area contributed by atoms with E-state index in [1.165, 1.54) is 9.91 Å². The Morgan fingerprint density at radius 3 is 2.47 bits per heavy atom. The summed E-state index contributed by atoms with van der Waals surface area (Å²) in [5.41, 5.74) is 4.35. The van der Waals surface area contributed by atoms with Crippen molar-refractivity contribution in [3.63, 3.8) is 0 Å². The molecule has 0 unspecified atom stereocenters. The molecule has 3 aromatic rings. The van der Waals surface area contributed by atoms with Gasteiger partial charge in [0, 0.05) is 26.7 Å². The molecule has 4 rings (SSSR count). The Hall–Kier alpha value is -3.38. The first-order valence-electron chi connectivity index (χ1n) is 10.4. The normalized spacial score (nSPS) is 15.6. The molecule has 2 aromatic carbocycles. The highest BCUT2D eigenvalue weighted by Gasteiger charge is 2.34. The average Bonchev–Trinajstić information content (AvgIpc) is 3.40. The molecule has 0 saturated carbocycles. The van der Waals surface area contributed by atoms with Crippen molar-refractivity contribution < 1.29 is 9.59 Å². The summed E-state index contributed by atoms with van der Waals surface area (Å²) in [6.45, 7) is 1.93. The minimum absolute atomic E-state index is 0.101. The number of hydrazone groups is 1. The van der Waals surface area contributed by atoms with Crippen LogP contribution >= 0.6 is 11.6 Å². The van der Waals surface area contributed by atoms with Gasteiger partial charge in [0.1, 0.15) is 6.54 Å². The molecule has 0 radical (unpaired) electrons. The van der Waals surface area contributed by atoms with Gasteiger partial charge < -0.3 is 9.47 Å². The lowest BCUT2D eigenvalue weighted by molar-refractivity contribution is -0.133. The fraction of sp³-hybridized carbons (Fsp3) is 0.240. The van der Waals surface area contributed by atoms with Crippen molar-refractivity contribution in [2.24, 2.45) is 12.1 Å². The molecule has 32 heavy (non-hydrogen) atoms. The quantitative estimate of drug-likeness (QED) is 0.579. The molecule has 0 saturated heterocycles. The number of rotatable bonds is 5. The van der Waals surface area contributed by atoms with Crippen LogP contribution in [0.3, 0.4) is 0 Å². The van der Waals surface area contributed by atoms with E-state index in [9.17, 15) is 9.59 Å². The number of carbonyl (C=O) groups excluding carboxylic acids is 2. The summed E-state index contributed by atoms with van der Waals surface area (Å²) in [6.07, 6.45) is 2.56. The van der Waals surface area contributed by atoms with E-state index in [0.717, 1.165) is 22.5 Å². The van der Waals surface area contributed by atoms with Crippen molar-refractivity contribution >= 4 is 29.1 Å². The lowest BCUT2D eigenvalue weighted by Crippen LogP contribution is -2.39. The number of carbonyl (C=O) groups is 2. The second-order valence-electron chi connectivity index (χ2n) is 8.06. The number of amides is 2. The van der Waals surface area contributed by atoms with Gasteiger partial charge in [-0.15, -0.1) is 0 Å². The minimum atomic E-state index is -0.304. The maximum absolute atomic E-state index is 13.3. The van der Waals surface area contributed by atoms with Gasteiger partial charge in [-0.2, -0.15) is 5.10 Å². The third-order valence-corrected chi connectivity index (χ3v) is 6.02. The SMILES string of the molecule is Cc1ccc([C@@H]2CC(c3cccn3C)=NN2C(=O)CN(C)C(=O)c2ccccc2Cl)cc1. The van der Waals surface area contributed by atoms with Crippen LogP contribution in [0.1, 0.15) is 39.6 Å². The summed E-state index contributed by atoms with van der Waals surface area (Å²) in [7, 11) is 3.56. The molecular weight excluding hydrogens is 424 g/mol. The van der Waals surface area contributed by atoms with E-state index in [4.69, 9.17) is 11.6 Å². The van der Waals surface area contributed by atoms with Crippen molar-refractivity contribution in [1.82, 2.24) is 14.5 Å². The molecule has 0 N–H and O–H groups in total. The molecule has 0 bridgehead atoms. The topological polar surface area (TPSA) is 57.9 Å². The minimum Gasteiger partial charge on any atom is -0.350 e. The van der Waals surface area contributed by atoms with E-state index in [0.29, 0.717) is 17.0 Å². The lowest BCUT2D eigenvalue weighted by Gasteiger charge is -2.25. The molecule has 2 amide bonds. The number of benzene rings is 2. The van der Waals surface area contributed by atoms with Crippen LogP contribution in [0.5, 0.6) is 0 Å². The molecule has 6 nitrogen and oxygen atoms in total. The molecule has 1 aliphatic heterocycles. The zero-order valence-electron chi connectivity index (χ0n) is 18.3. The second kappa shape index (κ2) is 9.01. The molecule has 1 aromatic heterocycles. The molecule has 0 spiro atoms. The van der Waals surface area contributed by atoms with Crippen LogP contribution in [-0.4, -0.2) is 45.6 Å². The van der Waals surface area contributed by atoms with Gasteiger partial charge in [0.2, 0.25) is 0 Å². The summed E-state index contributed by atoms with van der Waals surface area (Å²) in [4.78, 5) is 27.5. The average molecular weight is 449 g/mol. The summed E-state index contributed by atoms with van der Waals surface area (Å²) < 4.78 is 1.99. The zero-order valence-corrected chi connectivity index (χ0v) is 19.1. The van der Waals surface area contributed by atoms with Gasteiger partial charge >= 0.3 is 0 Å². The number of hydrogen-bond donors (Lipinski definition) is 0. The number of likely N-dealkylation sites (N-methyl/N-ethyl adjacent to an activating group) is 1. The van der Waals surface area contributed by atoms with Gasteiger partial charge in [-0.05, 0) is 36.8 Å². The fourth-order valence-corrected chi connectivity index (χ4v) is 4.11. The summed E-state index contributed by atoms with van der Waals surface area (Å²) >= 11 is 6.17. The summed E-state index contributed by atoms with van der Waals surface area (Å²) in [5.74, 6) is -0.552. The predicted molar refractivity (Wildman–Crippen MR) is 126 cm³/mol. The standard InChI is InChI=1S/C25H25ClN4O2/c1-17-10-12-18(13-11-17)23-15-21(22-9-6-14-28(22)2)27-30(23)24(31)16-29(3)25(32)19-7-4-5-8-20(19)26/h4-14,23H,15-16H2,1-3H3/t23-/m0/s1. The maximum Gasteiger partial charge on any atom is 0.262 e. The van der Waals surface area contributed by atoms with Crippen LogP contribution in [0.2, 0.25) is 5.02 Å². The fourth-order valence-electron chi connectivity index (χ4n) is 3.89.